The van der Waals surface area contributed by atoms with E-state index in [1.165, 1.54) is 11.3 Å². The molecule has 5 nitrogen and oxygen atoms in total. The molecule has 0 aromatic carbocycles. The molecule has 0 saturated carbocycles. The lowest BCUT2D eigenvalue weighted by atomic mass is 9.88. The molecule has 23 heavy (non-hydrogen) atoms. The first-order valence-corrected chi connectivity index (χ1v) is 8.59. The number of hydrogen-bond donors (Lipinski definition) is 3. The zero-order valence-electron chi connectivity index (χ0n) is 12.9. The van der Waals surface area contributed by atoms with Gasteiger partial charge < -0.3 is 20.5 Å². The number of hydrogen-bond acceptors (Lipinski definition) is 5. The third-order valence-corrected chi connectivity index (χ3v) is 5.27. The van der Waals surface area contributed by atoms with E-state index in [4.69, 9.17) is 9.84 Å². The van der Waals surface area contributed by atoms with Gasteiger partial charge in [-0.15, -0.1) is 23.7 Å². The number of amides is 1. The van der Waals surface area contributed by atoms with Gasteiger partial charge in [-0.05, 0) is 55.4 Å². The van der Waals surface area contributed by atoms with Gasteiger partial charge in [0.1, 0.15) is 0 Å². The Kier molecular flexibility index (Phi) is 6.61. The van der Waals surface area contributed by atoms with Crippen molar-refractivity contribution in [1.29, 1.82) is 0 Å². The van der Waals surface area contributed by atoms with Crippen LogP contribution in [0, 0.1) is 0 Å². The molecule has 3 N–H and O–H groups in total. The predicted octanol–water partition coefficient (Wildman–Crippen LogP) is 1.70. The fourth-order valence-corrected chi connectivity index (χ4v) is 3.94. The van der Waals surface area contributed by atoms with Gasteiger partial charge in [0.2, 0.25) is 5.91 Å². The summed E-state index contributed by atoms with van der Waals surface area (Å²) in [5, 5.41) is 17.3. The summed E-state index contributed by atoms with van der Waals surface area (Å²) in [4.78, 5) is 13.0. The van der Waals surface area contributed by atoms with Crippen molar-refractivity contribution in [2.75, 3.05) is 19.7 Å². The highest BCUT2D eigenvalue weighted by molar-refractivity contribution is 7.11. The van der Waals surface area contributed by atoms with E-state index in [-0.39, 0.29) is 36.6 Å². The third kappa shape index (κ3) is 4.78. The van der Waals surface area contributed by atoms with E-state index in [2.05, 4.69) is 10.6 Å². The molecular weight excluding hydrogens is 336 g/mol. The summed E-state index contributed by atoms with van der Waals surface area (Å²) in [5.41, 5.74) is 0.846. The van der Waals surface area contributed by atoms with E-state index in [9.17, 15) is 4.79 Å². The van der Waals surface area contributed by atoms with E-state index in [1.54, 1.807) is 12.2 Å². The molecule has 7 heteroatoms. The Bertz CT molecular complexity index is 555. The van der Waals surface area contributed by atoms with Crippen molar-refractivity contribution >= 4 is 35.7 Å². The van der Waals surface area contributed by atoms with Crippen molar-refractivity contribution in [2.24, 2.45) is 0 Å². The quantitative estimate of drug-likeness (QED) is 0.716. The highest BCUT2D eigenvalue weighted by Crippen LogP contribution is 2.33. The van der Waals surface area contributed by atoms with Crippen molar-refractivity contribution in [3.05, 3.63) is 28.0 Å². The largest absolute Gasteiger partial charge is 0.392 e. The highest BCUT2D eigenvalue weighted by Gasteiger charge is 2.41. The van der Waals surface area contributed by atoms with Crippen molar-refractivity contribution < 1.29 is 14.6 Å². The zero-order valence-corrected chi connectivity index (χ0v) is 14.5. The first-order valence-electron chi connectivity index (χ1n) is 7.71. The normalized spacial score (nSPS) is 23.1. The van der Waals surface area contributed by atoms with E-state index < -0.39 is 0 Å². The molecule has 1 amide bonds. The van der Waals surface area contributed by atoms with Crippen LogP contribution in [0.2, 0.25) is 0 Å². The molecule has 0 bridgehead atoms. The maximum absolute atomic E-state index is 12.0. The SMILES string of the molecule is Cl.O=C(C=Cc1cc(CO)cs1)NC1COC2(CCNCC2)C1. The lowest BCUT2D eigenvalue weighted by Gasteiger charge is -2.32. The second kappa shape index (κ2) is 8.26. The fourth-order valence-electron chi connectivity index (χ4n) is 3.14. The molecule has 2 fully saturated rings. The van der Waals surface area contributed by atoms with Gasteiger partial charge >= 0.3 is 0 Å². The number of aliphatic hydroxyl groups is 1. The predicted molar refractivity (Wildman–Crippen MR) is 93.9 cm³/mol. The first-order chi connectivity index (χ1) is 10.7. The Morgan fingerprint density at radius 1 is 1.52 bits per heavy atom. The van der Waals surface area contributed by atoms with Gasteiger partial charge in [-0.1, -0.05) is 0 Å². The molecule has 128 valence electrons. The van der Waals surface area contributed by atoms with Gasteiger partial charge in [-0.25, -0.2) is 0 Å². The van der Waals surface area contributed by atoms with Crippen LogP contribution >= 0.6 is 23.7 Å². The smallest absolute Gasteiger partial charge is 0.244 e. The molecule has 1 aromatic rings. The molecule has 1 aromatic heterocycles. The zero-order chi connectivity index (χ0) is 15.4. The van der Waals surface area contributed by atoms with Crippen LogP contribution in [-0.2, 0) is 16.1 Å². The molecule has 1 atom stereocenters. The van der Waals surface area contributed by atoms with E-state index in [1.807, 2.05) is 11.4 Å². The molecule has 2 aliphatic rings. The Morgan fingerprint density at radius 2 is 2.30 bits per heavy atom. The fraction of sp³-hybridized carbons (Fsp3) is 0.562. The second-order valence-corrected chi connectivity index (χ2v) is 6.95. The molecule has 1 unspecified atom stereocenters. The van der Waals surface area contributed by atoms with Gasteiger partial charge in [0.05, 0.1) is 24.9 Å². The monoisotopic (exact) mass is 358 g/mol. The topological polar surface area (TPSA) is 70.6 Å². The number of aliphatic hydroxyl groups excluding tert-OH is 1. The Morgan fingerprint density at radius 3 is 3.00 bits per heavy atom. The van der Waals surface area contributed by atoms with Crippen molar-refractivity contribution in [3.63, 3.8) is 0 Å². The Hall–Kier alpha value is -0.920. The van der Waals surface area contributed by atoms with Gasteiger partial charge in [0.25, 0.3) is 0 Å². The summed E-state index contributed by atoms with van der Waals surface area (Å²) in [6, 6.07) is 1.99. The van der Waals surface area contributed by atoms with E-state index in [0.717, 1.165) is 42.8 Å². The second-order valence-electron chi connectivity index (χ2n) is 6.00. The molecule has 3 rings (SSSR count). The Balaban J connectivity index is 0.00000192. The number of nitrogens with one attached hydrogen (secondary N) is 2. The lowest BCUT2D eigenvalue weighted by molar-refractivity contribution is -0.117. The molecule has 2 aliphatic heterocycles. The van der Waals surface area contributed by atoms with E-state index >= 15 is 0 Å². The van der Waals surface area contributed by atoms with E-state index in [0.29, 0.717) is 6.61 Å². The number of ether oxygens (including phenoxy) is 1. The number of thiophene rings is 1. The first kappa shape index (κ1) is 18.4. The summed E-state index contributed by atoms with van der Waals surface area (Å²) in [7, 11) is 0. The van der Waals surface area contributed by atoms with Gasteiger partial charge in [0, 0.05) is 11.0 Å². The minimum Gasteiger partial charge on any atom is -0.392 e. The summed E-state index contributed by atoms with van der Waals surface area (Å²) in [6.45, 7) is 2.62. The van der Waals surface area contributed by atoms with Gasteiger partial charge in [-0.2, -0.15) is 0 Å². The molecule has 0 radical (unpaired) electrons. The maximum atomic E-state index is 12.0. The van der Waals surface area contributed by atoms with Crippen LogP contribution < -0.4 is 10.6 Å². The minimum absolute atomic E-state index is 0. The van der Waals surface area contributed by atoms with Crippen LogP contribution in [0.1, 0.15) is 29.7 Å². The molecular formula is C16H23ClN2O3S. The van der Waals surface area contributed by atoms with Gasteiger partial charge in [0.15, 0.2) is 0 Å². The Labute approximate surface area is 146 Å². The standard InChI is InChI=1S/C16H22N2O3S.ClH/c19-9-12-7-14(22-11-12)1-2-15(20)18-13-8-16(21-10-13)3-5-17-6-4-16;/h1-2,7,11,13,17,19H,3-6,8-10H2,(H,18,20);1H. The van der Waals surface area contributed by atoms with Crippen molar-refractivity contribution in [2.45, 2.75) is 37.5 Å². The number of carbonyl (C=O) groups is 1. The van der Waals surface area contributed by atoms with Crippen LogP contribution in [0.5, 0.6) is 0 Å². The molecule has 2 saturated heterocycles. The molecule has 0 aliphatic carbocycles. The van der Waals surface area contributed by atoms with Crippen LogP contribution in [0.25, 0.3) is 6.08 Å². The van der Waals surface area contributed by atoms with Gasteiger partial charge in [-0.3, -0.25) is 4.79 Å². The van der Waals surface area contributed by atoms with Crippen LogP contribution in [0.3, 0.4) is 0 Å². The summed E-state index contributed by atoms with van der Waals surface area (Å²) in [5.74, 6) is -0.0847. The average Bonchev–Trinajstić information content (AvgIpc) is 3.14. The average molecular weight is 359 g/mol. The summed E-state index contributed by atoms with van der Waals surface area (Å²) < 4.78 is 5.97. The summed E-state index contributed by atoms with van der Waals surface area (Å²) in [6.07, 6.45) is 6.29. The maximum Gasteiger partial charge on any atom is 0.244 e. The van der Waals surface area contributed by atoms with Crippen molar-refractivity contribution in [1.82, 2.24) is 10.6 Å². The number of rotatable bonds is 4. The minimum atomic E-state index is -0.0847. The van der Waals surface area contributed by atoms with Crippen LogP contribution in [0.4, 0.5) is 0 Å². The number of carbonyl (C=O) groups excluding carboxylic acids is 1. The highest BCUT2D eigenvalue weighted by atomic mass is 35.5. The third-order valence-electron chi connectivity index (χ3n) is 4.33. The van der Waals surface area contributed by atoms with Crippen LogP contribution in [-0.4, -0.2) is 42.4 Å². The molecule has 3 heterocycles. The number of halogens is 1. The number of piperidine rings is 1. The van der Waals surface area contributed by atoms with Crippen LogP contribution in [0.15, 0.2) is 17.5 Å². The lowest BCUT2D eigenvalue weighted by Crippen LogP contribution is -2.42. The molecule has 1 spiro atoms. The van der Waals surface area contributed by atoms with Crippen molar-refractivity contribution in [3.8, 4) is 0 Å². The summed E-state index contributed by atoms with van der Waals surface area (Å²) >= 11 is 1.52.